The van der Waals surface area contributed by atoms with E-state index in [9.17, 15) is 8.42 Å². The maximum Gasteiger partial charge on any atom is 0.214 e. The minimum absolute atomic E-state index is 0.193. The number of hydrogen-bond acceptors (Lipinski definition) is 4. The summed E-state index contributed by atoms with van der Waals surface area (Å²) in [7, 11) is -3.13. The van der Waals surface area contributed by atoms with Gasteiger partial charge in [0.2, 0.25) is 10.0 Å². The third-order valence-corrected chi connectivity index (χ3v) is 5.18. The van der Waals surface area contributed by atoms with Crippen molar-refractivity contribution in [2.75, 3.05) is 13.2 Å². The van der Waals surface area contributed by atoms with E-state index in [2.05, 4.69) is 9.71 Å². The van der Waals surface area contributed by atoms with Crippen LogP contribution in [0.1, 0.15) is 12.8 Å². The molecule has 106 valence electrons. The number of ether oxygens (including phenoxy) is 1. The summed E-state index contributed by atoms with van der Waals surface area (Å²) in [6.45, 7) is 0.573. The molecule has 1 aliphatic rings. The molecule has 1 aromatic heterocycles. The smallest absolute Gasteiger partial charge is 0.214 e. The van der Waals surface area contributed by atoms with Crippen LogP contribution in [0.5, 0.6) is 5.75 Å². The average Bonchev–Trinajstić information content (AvgIpc) is 3.29. The lowest BCUT2D eigenvalue weighted by Crippen LogP contribution is -2.31. The van der Waals surface area contributed by atoms with Crippen LogP contribution in [-0.2, 0) is 10.0 Å². The maximum atomic E-state index is 11.6. The van der Waals surface area contributed by atoms with Crippen LogP contribution in [0.3, 0.4) is 0 Å². The fraction of sp³-hybridized carbons (Fsp3) is 0.357. The van der Waals surface area contributed by atoms with E-state index in [4.69, 9.17) is 4.74 Å². The third-order valence-electron chi connectivity index (χ3n) is 3.22. The Bertz CT molecular complexity index is 706. The van der Waals surface area contributed by atoms with Crippen molar-refractivity contribution >= 4 is 20.9 Å². The zero-order valence-electron chi connectivity index (χ0n) is 11.0. The van der Waals surface area contributed by atoms with Crippen molar-refractivity contribution in [2.45, 2.75) is 18.1 Å². The molecule has 0 atom stereocenters. The Morgan fingerprint density at radius 1 is 1.25 bits per heavy atom. The van der Waals surface area contributed by atoms with Crippen molar-refractivity contribution in [3.8, 4) is 5.75 Å². The highest BCUT2D eigenvalue weighted by atomic mass is 32.2. The van der Waals surface area contributed by atoms with Gasteiger partial charge in [0.15, 0.2) is 0 Å². The standard InChI is InChI=1S/C14H16N2O3S/c17-20(18,12-6-7-12)16-9-10-19-13-5-1-3-11-4-2-8-15-14(11)13/h1-5,8,12,16H,6-7,9-10H2. The first-order chi connectivity index (χ1) is 9.67. The van der Waals surface area contributed by atoms with Gasteiger partial charge in [0.25, 0.3) is 0 Å². The van der Waals surface area contributed by atoms with Crippen LogP contribution in [0.2, 0.25) is 0 Å². The summed E-state index contributed by atoms with van der Waals surface area (Å²) in [5, 5.41) is 0.810. The molecule has 1 saturated carbocycles. The Kier molecular flexibility index (Phi) is 3.58. The van der Waals surface area contributed by atoms with Gasteiger partial charge in [0.05, 0.1) is 5.25 Å². The van der Waals surface area contributed by atoms with Gasteiger partial charge in [-0.05, 0) is 25.0 Å². The highest BCUT2D eigenvalue weighted by Crippen LogP contribution is 2.27. The molecule has 20 heavy (non-hydrogen) atoms. The van der Waals surface area contributed by atoms with Gasteiger partial charge in [-0.3, -0.25) is 4.98 Å². The van der Waals surface area contributed by atoms with Crippen LogP contribution in [0.15, 0.2) is 36.5 Å². The fourth-order valence-electron chi connectivity index (χ4n) is 2.03. The molecule has 0 spiro atoms. The molecule has 5 nitrogen and oxygen atoms in total. The normalized spacial score (nSPS) is 15.4. The molecule has 2 aromatic rings. The van der Waals surface area contributed by atoms with Gasteiger partial charge < -0.3 is 4.74 Å². The zero-order chi connectivity index (χ0) is 14.0. The molecule has 0 radical (unpaired) electrons. The molecule has 1 aliphatic carbocycles. The van der Waals surface area contributed by atoms with Crippen LogP contribution < -0.4 is 9.46 Å². The molecule has 0 saturated heterocycles. The minimum Gasteiger partial charge on any atom is -0.490 e. The summed E-state index contributed by atoms with van der Waals surface area (Å²) in [6.07, 6.45) is 3.25. The molecule has 6 heteroatoms. The first-order valence-corrected chi connectivity index (χ1v) is 8.16. The SMILES string of the molecule is O=S(=O)(NCCOc1cccc2cccnc12)C1CC1. The Morgan fingerprint density at radius 2 is 2.05 bits per heavy atom. The number of nitrogens with zero attached hydrogens (tertiary/aromatic N) is 1. The quantitative estimate of drug-likeness (QED) is 0.823. The summed E-state index contributed by atoms with van der Waals surface area (Å²) in [5.74, 6) is 0.675. The summed E-state index contributed by atoms with van der Waals surface area (Å²) < 4.78 is 31.5. The molecule has 3 rings (SSSR count). The van der Waals surface area contributed by atoms with Gasteiger partial charge in [0.1, 0.15) is 17.9 Å². The predicted molar refractivity (Wildman–Crippen MR) is 77.2 cm³/mol. The van der Waals surface area contributed by atoms with Gasteiger partial charge in [-0.15, -0.1) is 0 Å². The number of hydrogen-bond donors (Lipinski definition) is 1. The monoisotopic (exact) mass is 292 g/mol. The lowest BCUT2D eigenvalue weighted by molar-refractivity contribution is 0.326. The molecule has 0 amide bonds. The molecule has 1 aromatic carbocycles. The number of benzene rings is 1. The third kappa shape index (κ3) is 2.91. The van der Waals surface area contributed by atoms with Crippen molar-refractivity contribution in [3.05, 3.63) is 36.5 Å². The minimum atomic E-state index is -3.13. The first-order valence-electron chi connectivity index (χ1n) is 6.62. The second kappa shape index (κ2) is 5.38. The van der Waals surface area contributed by atoms with Gasteiger partial charge in [-0.1, -0.05) is 18.2 Å². The van der Waals surface area contributed by atoms with Crippen LogP contribution >= 0.6 is 0 Å². The largest absolute Gasteiger partial charge is 0.490 e. The van der Waals surface area contributed by atoms with Crippen LogP contribution in [-0.4, -0.2) is 31.8 Å². The van der Waals surface area contributed by atoms with Crippen molar-refractivity contribution in [1.82, 2.24) is 9.71 Å². The topological polar surface area (TPSA) is 68.3 Å². The van der Waals surface area contributed by atoms with E-state index in [1.807, 2.05) is 30.3 Å². The number of fused-ring (bicyclic) bond motifs is 1. The van der Waals surface area contributed by atoms with Gasteiger partial charge in [-0.25, -0.2) is 13.1 Å². The van der Waals surface area contributed by atoms with Crippen molar-refractivity contribution in [2.24, 2.45) is 0 Å². The van der Waals surface area contributed by atoms with E-state index in [1.165, 1.54) is 0 Å². The lowest BCUT2D eigenvalue weighted by atomic mass is 10.2. The van der Waals surface area contributed by atoms with E-state index in [-0.39, 0.29) is 11.8 Å². The van der Waals surface area contributed by atoms with Crippen molar-refractivity contribution in [3.63, 3.8) is 0 Å². The number of nitrogens with one attached hydrogen (secondary N) is 1. The molecule has 1 heterocycles. The van der Waals surface area contributed by atoms with Crippen LogP contribution in [0.4, 0.5) is 0 Å². The van der Waals surface area contributed by atoms with E-state index < -0.39 is 10.0 Å². The van der Waals surface area contributed by atoms with Crippen LogP contribution in [0.25, 0.3) is 10.9 Å². The molecule has 0 aliphatic heterocycles. The molecular formula is C14H16N2O3S. The molecule has 1 N–H and O–H groups in total. The molecule has 1 fully saturated rings. The van der Waals surface area contributed by atoms with E-state index in [0.717, 1.165) is 23.7 Å². The number of aromatic nitrogens is 1. The number of sulfonamides is 1. The number of pyridine rings is 1. The molecular weight excluding hydrogens is 276 g/mol. The summed E-state index contributed by atoms with van der Waals surface area (Å²) in [4.78, 5) is 4.28. The highest BCUT2D eigenvalue weighted by Gasteiger charge is 2.35. The molecule has 0 unspecified atom stereocenters. The lowest BCUT2D eigenvalue weighted by Gasteiger charge is -2.09. The maximum absolute atomic E-state index is 11.6. The summed E-state index contributed by atoms with van der Waals surface area (Å²) in [5.41, 5.74) is 0.792. The Labute approximate surface area is 118 Å². The van der Waals surface area contributed by atoms with Gasteiger partial charge >= 0.3 is 0 Å². The zero-order valence-corrected chi connectivity index (χ0v) is 11.8. The Balaban J connectivity index is 1.60. The average molecular weight is 292 g/mol. The van der Waals surface area contributed by atoms with E-state index >= 15 is 0 Å². The summed E-state index contributed by atoms with van der Waals surface area (Å²) in [6, 6.07) is 9.53. The van der Waals surface area contributed by atoms with Gasteiger partial charge in [-0.2, -0.15) is 0 Å². The highest BCUT2D eigenvalue weighted by molar-refractivity contribution is 7.90. The molecule has 0 bridgehead atoms. The second-order valence-electron chi connectivity index (χ2n) is 4.82. The Hall–Kier alpha value is -1.66. The van der Waals surface area contributed by atoms with Crippen molar-refractivity contribution in [1.29, 1.82) is 0 Å². The number of rotatable bonds is 6. The first kappa shape index (κ1) is 13.3. The van der Waals surface area contributed by atoms with Crippen molar-refractivity contribution < 1.29 is 13.2 Å². The number of para-hydroxylation sites is 1. The fourth-order valence-corrected chi connectivity index (χ4v) is 3.39. The van der Waals surface area contributed by atoms with E-state index in [0.29, 0.717) is 12.4 Å². The predicted octanol–water partition coefficient (Wildman–Crippen LogP) is 1.70. The second-order valence-corrected chi connectivity index (χ2v) is 6.86. The Morgan fingerprint density at radius 3 is 2.85 bits per heavy atom. The van der Waals surface area contributed by atoms with E-state index in [1.54, 1.807) is 6.20 Å². The summed E-state index contributed by atoms with van der Waals surface area (Å²) >= 11 is 0. The van der Waals surface area contributed by atoms with Crippen LogP contribution in [0, 0.1) is 0 Å². The van der Waals surface area contributed by atoms with Gasteiger partial charge in [0, 0.05) is 18.1 Å².